The normalized spacial score (nSPS) is 20.2. The minimum absolute atomic E-state index is 0.322. The van der Waals surface area contributed by atoms with E-state index in [9.17, 15) is 4.79 Å². The van der Waals surface area contributed by atoms with Crippen molar-refractivity contribution in [2.45, 2.75) is 25.9 Å². The van der Waals surface area contributed by atoms with E-state index in [1.165, 1.54) is 0 Å². The second-order valence-electron chi connectivity index (χ2n) is 4.62. The molecule has 2 rings (SSSR count). The first-order valence-electron chi connectivity index (χ1n) is 6.52. The fraction of sp³-hybridized carbons (Fsp3) is 0.538. The van der Waals surface area contributed by atoms with Gasteiger partial charge < -0.3 is 4.74 Å². The number of morpholine rings is 1. The number of amides is 1. The lowest BCUT2D eigenvalue weighted by Crippen LogP contribution is -2.44. The number of nitrogens with two attached hydrogens (primary N) is 1. The van der Waals surface area contributed by atoms with Crippen LogP contribution >= 0.6 is 0 Å². The Labute approximate surface area is 112 Å². The molecule has 1 atom stereocenters. The van der Waals surface area contributed by atoms with Gasteiger partial charge in [-0.15, -0.1) is 0 Å². The molecule has 1 aliphatic heterocycles. The number of rotatable bonds is 4. The number of carbonyl (C=O) groups is 1. The van der Waals surface area contributed by atoms with Gasteiger partial charge in [0.05, 0.1) is 24.5 Å². The van der Waals surface area contributed by atoms with E-state index in [1.54, 1.807) is 12.3 Å². The predicted molar refractivity (Wildman–Crippen MR) is 71.2 cm³/mol. The molecule has 1 aliphatic rings. The minimum atomic E-state index is -0.322. The van der Waals surface area contributed by atoms with E-state index in [0.29, 0.717) is 11.6 Å². The number of nitrogens with zero attached hydrogens (tertiary/aromatic N) is 2. The van der Waals surface area contributed by atoms with Crippen LogP contribution in [-0.2, 0) is 11.3 Å². The van der Waals surface area contributed by atoms with Crippen LogP contribution in [0.4, 0.5) is 0 Å². The molecule has 1 aromatic heterocycles. The summed E-state index contributed by atoms with van der Waals surface area (Å²) in [5.74, 6) is 4.76. The smallest absolute Gasteiger partial charge is 0.266 e. The summed E-state index contributed by atoms with van der Waals surface area (Å²) in [7, 11) is 0. The third-order valence-corrected chi connectivity index (χ3v) is 3.40. The molecule has 1 fully saturated rings. The van der Waals surface area contributed by atoms with Crippen LogP contribution in [-0.4, -0.2) is 41.6 Å². The van der Waals surface area contributed by atoms with Gasteiger partial charge in [-0.2, -0.15) is 0 Å². The van der Waals surface area contributed by atoms with Gasteiger partial charge in [0.1, 0.15) is 0 Å². The molecule has 1 amide bonds. The molecule has 0 bridgehead atoms. The van der Waals surface area contributed by atoms with Crippen molar-refractivity contribution in [3.63, 3.8) is 0 Å². The van der Waals surface area contributed by atoms with Gasteiger partial charge >= 0.3 is 0 Å². The number of hydrazine groups is 1. The molecule has 0 radical (unpaired) electrons. The maximum Gasteiger partial charge on any atom is 0.266 e. The van der Waals surface area contributed by atoms with Crippen molar-refractivity contribution >= 4 is 5.91 Å². The molecule has 1 saturated heterocycles. The first kappa shape index (κ1) is 13.9. The lowest BCUT2D eigenvalue weighted by atomic mass is 10.1. The van der Waals surface area contributed by atoms with E-state index in [1.807, 2.05) is 6.07 Å². The molecule has 19 heavy (non-hydrogen) atoms. The van der Waals surface area contributed by atoms with Gasteiger partial charge in [-0.1, -0.05) is 6.92 Å². The number of carbonyl (C=O) groups excluding carboxylic acids is 1. The lowest BCUT2D eigenvalue weighted by Gasteiger charge is -2.34. The standard InChI is InChI=1S/C13H20N4O2/c1-2-12-9-19-6-5-17(12)8-11-4-3-10(7-15-11)13(18)16-14/h3-4,7,12H,2,5-6,8-9,14H2,1H3,(H,16,18). The van der Waals surface area contributed by atoms with Crippen LogP contribution in [0, 0.1) is 0 Å². The summed E-state index contributed by atoms with van der Waals surface area (Å²) in [4.78, 5) is 18.0. The van der Waals surface area contributed by atoms with E-state index in [4.69, 9.17) is 10.6 Å². The average molecular weight is 264 g/mol. The quantitative estimate of drug-likeness (QED) is 0.464. The third kappa shape index (κ3) is 3.50. The average Bonchev–Trinajstić information content (AvgIpc) is 2.48. The second-order valence-corrected chi connectivity index (χ2v) is 4.62. The fourth-order valence-electron chi connectivity index (χ4n) is 2.22. The number of nitrogen functional groups attached to an aromatic ring is 1. The highest BCUT2D eigenvalue weighted by molar-refractivity contribution is 5.93. The highest BCUT2D eigenvalue weighted by atomic mass is 16.5. The van der Waals surface area contributed by atoms with E-state index in [0.717, 1.165) is 38.4 Å². The van der Waals surface area contributed by atoms with Crippen LogP contribution in [0.5, 0.6) is 0 Å². The summed E-state index contributed by atoms with van der Waals surface area (Å²) in [5.41, 5.74) is 3.52. The SMILES string of the molecule is CCC1COCCN1Cc1ccc(C(=O)NN)cn1. The molecule has 3 N–H and O–H groups in total. The Morgan fingerprint density at radius 1 is 1.63 bits per heavy atom. The van der Waals surface area contributed by atoms with E-state index in [-0.39, 0.29) is 5.91 Å². The minimum Gasteiger partial charge on any atom is -0.378 e. The molecule has 0 saturated carbocycles. The lowest BCUT2D eigenvalue weighted by molar-refractivity contribution is -0.0132. The van der Waals surface area contributed by atoms with Crippen molar-refractivity contribution < 1.29 is 9.53 Å². The predicted octanol–water partition coefficient (Wildman–Crippen LogP) is 0.296. The second kappa shape index (κ2) is 6.60. The van der Waals surface area contributed by atoms with E-state index >= 15 is 0 Å². The van der Waals surface area contributed by atoms with Crippen LogP contribution in [0.25, 0.3) is 0 Å². The Bertz CT molecular complexity index is 421. The zero-order chi connectivity index (χ0) is 13.7. The Hall–Kier alpha value is -1.50. The number of hydrogen-bond donors (Lipinski definition) is 2. The van der Waals surface area contributed by atoms with Crippen LogP contribution < -0.4 is 11.3 Å². The van der Waals surface area contributed by atoms with Gasteiger partial charge in [0.15, 0.2) is 0 Å². The molecular weight excluding hydrogens is 244 g/mol. The Balaban J connectivity index is 2.00. The van der Waals surface area contributed by atoms with Crippen LogP contribution in [0.2, 0.25) is 0 Å². The van der Waals surface area contributed by atoms with Gasteiger partial charge in [-0.3, -0.25) is 20.1 Å². The van der Waals surface area contributed by atoms with Crippen molar-refractivity contribution in [1.82, 2.24) is 15.3 Å². The molecule has 0 aliphatic carbocycles. The van der Waals surface area contributed by atoms with Crippen molar-refractivity contribution in [1.29, 1.82) is 0 Å². The van der Waals surface area contributed by atoms with Gasteiger partial charge in [0, 0.05) is 25.3 Å². The molecule has 6 nitrogen and oxygen atoms in total. The van der Waals surface area contributed by atoms with Gasteiger partial charge in [-0.05, 0) is 18.6 Å². The summed E-state index contributed by atoms with van der Waals surface area (Å²) in [6.07, 6.45) is 2.62. The van der Waals surface area contributed by atoms with E-state index in [2.05, 4.69) is 22.2 Å². The van der Waals surface area contributed by atoms with Crippen molar-refractivity contribution in [3.8, 4) is 0 Å². The fourth-order valence-corrected chi connectivity index (χ4v) is 2.22. The Morgan fingerprint density at radius 3 is 3.11 bits per heavy atom. The Kier molecular flexibility index (Phi) is 4.84. The van der Waals surface area contributed by atoms with Crippen LogP contribution in [0.15, 0.2) is 18.3 Å². The first-order chi connectivity index (χ1) is 9.24. The number of hydrogen-bond acceptors (Lipinski definition) is 5. The largest absolute Gasteiger partial charge is 0.378 e. The summed E-state index contributed by atoms with van der Waals surface area (Å²) >= 11 is 0. The number of ether oxygens (including phenoxy) is 1. The van der Waals surface area contributed by atoms with Crippen molar-refractivity contribution in [2.24, 2.45) is 5.84 Å². The van der Waals surface area contributed by atoms with Gasteiger partial charge in [0.2, 0.25) is 0 Å². The number of pyridine rings is 1. The zero-order valence-corrected chi connectivity index (χ0v) is 11.1. The van der Waals surface area contributed by atoms with Gasteiger partial charge in [-0.25, -0.2) is 5.84 Å². The number of nitrogens with one attached hydrogen (secondary N) is 1. The third-order valence-electron chi connectivity index (χ3n) is 3.40. The Morgan fingerprint density at radius 2 is 2.47 bits per heavy atom. The van der Waals surface area contributed by atoms with Gasteiger partial charge in [0.25, 0.3) is 5.91 Å². The highest BCUT2D eigenvalue weighted by Gasteiger charge is 2.21. The molecular formula is C13H20N4O2. The molecule has 6 heteroatoms. The molecule has 1 aromatic rings. The summed E-state index contributed by atoms with van der Waals surface area (Å²) in [5, 5.41) is 0. The highest BCUT2D eigenvalue weighted by Crippen LogP contribution is 2.13. The molecule has 1 unspecified atom stereocenters. The van der Waals surface area contributed by atoms with E-state index < -0.39 is 0 Å². The van der Waals surface area contributed by atoms with Crippen molar-refractivity contribution in [2.75, 3.05) is 19.8 Å². The summed E-state index contributed by atoms with van der Waals surface area (Å²) in [6.45, 7) is 5.42. The monoisotopic (exact) mass is 264 g/mol. The number of aromatic nitrogens is 1. The zero-order valence-electron chi connectivity index (χ0n) is 11.1. The molecule has 104 valence electrons. The maximum atomic E-state index is 11.3. The van der Waals surface area contributed by atoms with Crippen LogP contribution in [0.1, 0.15) is 29.4 Å². The van der Waals surface area contributed by atoms with Crippen LogP contribution in [0.3, 0.4) is 0 Å². The van der Waals surface area contributed by atoms with Crippen molar-refractivity contribution in [3.05, 3.63) is 29.6 Å². The maximum absolute atomic E-state index is 11.3. The molecule has 2 heterocycles. The summed E-state index contributed by atoms with van der Waals surface area (Å²) < 4.78 is 5.48. The topological polar surface area (TPSA) is 80.5 Å². The summed E-state index contributed by atoms with van der Waals surface area (Å²) in [6, 6.07) is 4.06. The molecule has 0 aromatic carbocycles. The first-order valence-corrected chi connectivity index (χ1v) is 6.52. The molecule has 0 spiro atoms.